The highest BCUT2D eigenvalue weighted by atomic mass is 32.2. The van der Waals surface area contributed by atoms with Crippen LogP contribution in [0.4, 0.5) is 0 Å². The largest absolute Gasteiger partial charge is 0.493 e. The first kappa shape index (κ1) is 18.9. The molecule has 0 aliphatic carbocycles. The lowest BCUT2D eigenvalue weighted by Gasteiger charge is -2.17. The Morgan fingerprint density at radius 3 is 1.89 bits per heavy atom. The maximum absolute atomic E-state index is 13.1. The third kappa shape index (κ3) is 3.67. The van der Waals surface area contributed by atoms with Gasteiger partial charge in [0.05, 0.1) is 11.4 Å². The second kappa shape index (κ2) is 7.81. The van der Waals surface area contributed by atoms with E-state index in [1.54, 1.807) is 79.7 Å². The molecule has 27 heavy (non-hydrogen) atoms. The van der Waals surface area contributed by atoms with Crippen molar-refractivity contribution < 1.29 is 5.11 Å². The second-order valence-electron chi connectivity index (χ2n) is 5.84. The molecule has 1 heterocycles. The van der Waals surface area contributed by atoms with Crippen molar-refractivity contribution >= 4 is 28.3 Å². The number of rotatable bonds is 3. The van der Waals surface area contributed by atoms with Crippen molar-refractivity contribution in [1.29, 1.82) is 0 Å². The third-order valence-corrected chi connectivity index (χ3v) is 5.49. The van der Waals surface area contributed by atoms with Crippen LogP contribution in [0.2, 0.25) is 0 Å². The standard InChI is InChI=1S/C19H17N3O3S2/c1-20(2)19(26)27-15-16(23)21(13-9-5-3-6-10-13)18(25)22(17(15)24)14-11-7-4-8-12-14/h3-12,23H,1-2H3. The van der Waals surface area contributed by atoms with E-state index in [0.717, 1.165) is 20.9 Å². The monoisotopic (exact) mass is 399 g/mol. The van der Waals surface area contributed by atoms with Gasteiger partial charge in [-0.3, -0.25) is 4.79 Å². The minimum absolute atomic E-state index is 0.0130. The zero-order valence-corrected chi connectivity index (χ0v) is 16.3. The predicted octanol–water partition coefficient (Wildman–Crippen LogP) is 2.63. The van der Waals surface area contributed by atoms with Crippen molar-refractivity contribution in [3.63, 3.8) is 0 Å². The molecule has 3 aromatic rings. The molecule has 0 saturated carbocycles. The highest BCUT2D eigenvalue weighted by Gasteiger charge is 2.22. The van der Waals surface area contributed by atoms with Gasteiger partial charge in [0.15, 0.2) is 0 Å². The number of para-hydroxylation sites is 2. The molecule has 1 aromatic heterocycles. The minimum atomic E-state index is -0.657. The summed E-state index contributed by atoms with van der Waals surface area (Å²) in [5.41, 5.74) is -0.419. The van der Waals surface area contributed by atoms with Crippen molar-refractivity contribution in [2.75, 3.05) is 14.1 Å². The van der Waals surface area contributed by atoms with Crippen LogP contribution >= 0.6 is 24.0 Å². The molecular weight excluding hydrogens is 382 g/mol. The van der Waals surface area contributed by atoms with E-state index in [-0.39, 0.29) is 4.90 Å². The van der Waals surface area contributed by atoms with Crippen LogP contribution < -0.4 is 11.2 Å². The summed E-state index contributed by atoms with van der Waals surface area (Å²) in [7, 11) is 3.49. The van der Waals surface area contributed by atoms with Gasteiger partial charge >= 0.3 is 5.69 Å². The number of benzene rings is 2. The molecular formula is C19H17N3O3S2. The molecule has 138 valence electrons. The Morgan fingerprint density at radius 1 is 0.926 bits per heavy atom. The van der Waals surface area contributed by atoms with E-state index in [9.17, 15) is 14.7 Å². The Bertz CT molecular complexity index is 1090. The lowest BCUT2D eigenvalue weighted by molar-refractivity contribution is 0.412. The van der Waals surface area contributed by atoms with Crippen molar-refractivity contribution in [3.8, 4) is 17.3 Å². The van der Waals surface area contributed by atoms with Gasteiger partial charge in [0.1, 0.15) is 9.22 Å². The summed E-state index contributed by atoms with van der Waals surface area (Å²) >= 11 is 6.22. The summed E-state index contributed by atoms with van der Waals surface area (Å²) < 4.78 is 2.53. The number of aromatic nitrogens is 2. The van der Waals surface area contributed by atoms with Crippen LogP contribution in [0.3, 0.4) is 0 Å². The number of hydrogen-bond donors (Lipinski definition) is 1. The third-order valence-electron chi connectivity index (χ3n) is 3.78. The maximum Gasteiger partial charge on any atom is 0.343 e. The topological polar surface area (TPSA) is 67.5 Å². The van der Waals surface area contributed by atoms with Gasteiger partial charge < -0.3 is 10.0 Å². The summed E-state index contributed by atoms with van der Waals surface area (Å²) in [6.07, 6.45) is 0. The van der Waals surface area contributed by atoms with Crippen LogP contribution in [0.25, 0.3) is 11.4 Å². The first-order chi connectivity index (χ1) is 12.9. The molecule has 3 rings (SSSR count). The molecule has 2 aromatic carbocycles. The zero-order valence-electron chi connectivity index (χ0n) is 14.7. The van der Waals surface area contributed by atoms with E-state index in [1.165, 1.54) is 0 Å². The van der Waals surface area contributed by atoms with E-state index in [4.69, 9.17) is 12.2 Å². The Balaban J connectivity index is 2.37. The smallest absolute Gasteiger partial charge is 0.343 e. The summed E-state index contributed by atoms with van der Waals surface area (Å²) in [6, 6.07) is 17.2. The summed E-state index contributed by atoms with van der Waals surface area (Å²) in [5, 5.41) is 10.8. The van der Waals surface area contributed by atoms with Gasteiger partial charge in [-0.15, -0.1) is 0 Å². The molecule has 0 amide bonds. The van der Waals surface area contributed by atoms with E-state index >= 15 is 0 Å². The lowest BCUT2D eigenvalue weighted by Crippen LogP contribution is -2.39. The van der Waals surface area contributed by atoms with Gasteiger partial charge in [-0.1, -0.05) is 48.6 Å². The Hall–Kier alpha value is -2.84. The SMILES string of the molecule is CN(C)C(=S)Sc1c(O)n(-c2ccccc2)c(=O)n(-c2ccccc2)c1=O. The van der Waals surface area contributed by atoms with Crippen molar-refractivity contribution in [3.05, 3.63) is 81.5 Å². The van der Waals surface area contributed by atoms with Crippen molar-refractivity contribution in [1.82, 2.24) is 14.0 Å². The number of nitrogens with zero attached hydrogens (tertiary/aromatic N) is 3. The highest BCUT2D eigenvalue weighted by molar-refractivity contribution is 8.23. The predicted molar refractivity (Wildman–Crippen MR) is 111 cm³/mol. The van der Waals surface area contributed by atoms with E-state index in [2.05, 4.69) is 0 Å². The number of thioether (sulfide) groups is 1. The number of aromatic hydroxyl groups is 1. The van der Waals surface area contributed by atoms with Crippen molar-refractivity contribution in [2.24, 2.45) is 0 Å². The molecule has 0 unspecified atom stereocenters. The molecule has 0 saturated heterocycles. The summed E-state index contributed by atoms with van der Waals surface area (Å²) in [5.74, 6) is -0.433. The summed E-state index contributed by atoms with van der Waals surface area (Å²) in [6.45, 7) is 0. The molecule has 0 aliphatic heterocycles. The van der Waals surface area contributed by atoms with Crippen LogP contribution in [-0.4, -0.2) is 37.6 Å². The Labute approximate surface area is 165 Å². The van der Waals surface area contributed by atoms with Gasteiger partial charge in [-0.25, -0.2) is 13.9 Å². The normalized spacial score (nSPS) is 10.6. The molecule has 0 spiro atoms. The second-order valence-corrected chi connectivity index (χ2v) is 7.49. The molecule has 0 radical (unpaired) electrons. The molecule has 8 heteroatoms. The van der Waals surface area contributed by atoms with E-state index in [1.807, 2.05) is 0 Å². The highest BCUT2D eigenvalue weighted by Crippen LogP contribution is 2.28. The fourth-order valence-corrected chi connectivity index (χ4v) is 3.43. The molecule has 0 aliphatic rings. The fourth-order valence-electron chi connectivity index (χ4n) is 2.46. The van der Waals surface area contributed by atoms with Gasteiger partial charge in [0, 0.05) is 14.1 Å². The van der Waals surface area contributed by atoms with E-state index in [0.29, 0.717) is 15.7 Å². The average Bonchev–Trinajstić information content (AvgIpc) is 2.66. The lowest BCUT2D eigenvalue weighted by atomic mass is 10.3. The molecule has 1 N–H and O–H groups in total. The fraction of sp³-hybridized carbons (Fsp3) is 0.105. The molecule has 0 bridgehead atoms. The van der Waals surface area contributed by atoms with Crippen LogP contribution in [0.15, 0.2) is 75.1 Å². The van der Waals surface area contributed by atoms with Gasteiger partial charge in [0.2, 0.25) is 5.88 Å². The molecule has 0 atom stereocenters. The van der Waals surface area contributed by atoms with Crippen molar-refractivity contribution in [2.45, 2.75) is 4.90 Å². The Kier molecular flexibility index (Phi) is 5.48. The van der Waals surface area contributed by atoms with Crippen LogP contribution in [-0.2, 0) is 0 Å². The molecule has 0 fully saturated rings. The summed E-state index contributed by atoms with van der Waals surface area (Å²) in [4.78, 5) is 27.8. The van der Waals surface area contributed by atoms with Gasteiger partial charge in [0.25, 0.3) is 5.56 Å². The van der Waals surface area contributed by atoms with E-state index < -0.39 is 17.1 Å². The van der Waals surface area contributed by atoms with Crippen LogP contribution in [0, 0.1) is 0 Å². The van der Waals surface area contributed by atoms with Gasteiger partial charge in [-0.05, 0) is 36.0 Å². The van der Waals surface area contributed by atoms with Gasteiger partial charge in [-0.2, -0.15) is 0 Å². The van der Waals surface area contributed by atoms with Crippen LogP contribution in [0.5, 0.6) is 5.88 Å². The minimum Gasteiger partial charge on any atom is -0.493 e. The maximum atomic E-state index is 13.1. The number of thiocarbonyl (C=S) groups is 1. The first-order valence-electron chi connectivity index (χ1n) is 8.03. The molecule has 6 nitrogen and oxygen atoms in total. The average molecular weight is 399 g/mol. The first-order valence-corrected chi connectivity index (χ1v) is 9.25. The quantitative estimate of drug-likeness (QED) is 0.540. The zero-order chi connectivity index (χ0) is 19.6. The Morgan fingerprint density at radius 2 is 1.41 bits per heavy atom. The van der Waals surface area contributed by atoms with Crippen LogP contribution in [0.1, 0.15) is 0 Å². The number of hydrogen-bond acceptors (Lipinski definition) is 5.